The van der Waals surface area contributed by atoms with Gasteiger partial charge >= 0.3 is 12.4 Å². The van der Waals surface area contributed by atoms with Crippen molar-refractivity contribution in [1.29, 1.82) is 0 Å². The molecule has 4 nitrogen and oxygen atoms in total. The van der Waals surface area contributed by atoms with Gasteiger partial charge in [0.2, 0.25) is 5.91 Å². The predicted octanol–water partition coefficient (Wildman–Crippen LogP) is 5.99. The molecule has 2 aliphatic heterocycles. The van der Waals surface area contributed by atoms with E-state index in [0.717, 1.165) is 31.5 Å². The number of rotatable bonds is 5. The van der Waals surface area contributed by atoms with Gasteiger partial charge in [0, 0.05) is 38.0 Å². The van der Waals surface area contributed by atoms with Crippen molar-refractivity contribution in [2.75, 3.05) is 33.2 Å². The van der Waals surface area contributed by atoms with Gasteiger partial charge in [-0.15, -0.1) is 0 Å². The summed E-state index contributed by atoms with van der Waals surface area (Å²) in [7, 11) is 1.39. The van der Waals surface area contributed by atoms with Gasteiger partial charge in [-0.1, -0.05) is 6.07 Å². The van der Waals surface area contributed by atoms with Crippen LogP contribution in [0, 0.1) is 18.7 Å². The lowest BCUT2D eigenvalue weighted by Gasteiger charge is -2.44. The van der Waals surface area contributed by atoms with Crippen LogP contribution in [0.1, 0.15) is 53.0 Å². The summed E-state index contributed by atoms with van der Waals surface area (Å²) in [5, 5.41) is 3.33. The highest BCUT2D eigenvalue weighted by Crippen LogP contribution is 2.39. The molecule has 0 bridgehead atoms. The van der Waals surface area contributed by atoms with E-state index in [0.29, 0.717) is 43.2 Å². The Labute approximate surface area is 223 Å². The van der Waals surface area contributed by atoms with Gasteiger partial charge in [0.25, 0.3) is 0 Å². The van der Waals surface area contributed by atoms with Crippen LogP contribution in [0.15, 0.2) is 36.4 Å². The summed E-state index contributed by atoms with van der Waals surface area (Å²) in [6.07, 6.45) is -7.53. The number of hydrogen-bond donors (Lipinski definition) is 1. The second kappa shape index (κ2) is 11.4. The number of aryl methyl sites for hydroxylation is 1. The molecule has 39 heavy (non-hydrogen) atoms. The maximum Gasteiger partial charge on any atom is 0.416 e. The first-order valence-corrected chi connectivity index (χ1v) is 13.0. The number of carbonyl (C=O) groups is 1. The van der Waals surface area contributed by atoms with Gasteiger partial charge in [0.05, 0.1) is 11.1 Å². The van der Waals surface area contributed by atoms with Crippen LogP contribution in [0.4, 0.5) is 30.7 Å². The number of nitrogens with zero attached hydrogens (tertiary/aromatic N) is 2. The number of carbonyl (C=O) groups excluding carboxylic acids is 1. The standard InChI is InChI=1S/C28H32F7N3O/c1-17-11-21(29)3-4-23(17)25-16-38(22-5-8-36-9-6-22)10-7-24(25)26(39)37(2)15-18-12-19(27(30,31)32)14-20(13-18)28(33,34)35/h3-4,11-14,22,24-25,36H,5-10,15-16H2,1-2H3. The number of halogens is 7. The van der Waals surface area contributed by atoms with Gasteiger partial charge in [-0.2, -0.15) is 26.3 Å². The molecule has 0 aliphatic carbocycles. The van der Waals surface area contributed by atoms with E-state index in [1.165, 1.54) is 24.1 Å². The van der Waals surface area contributed by atoms with Crippen molar-refractivity contribution in [3.8, 4) is 0 Å². The quantitative estimate of drug-likeness (QED) is 0.458. The third-order valence-electron chi connectivity index (χ3n) is 7.86. The summed E-state index contributed by atoms with van der Waals surface area (Å²) < 4.78 is 93.9. The largest absolute Gasteiger partial charge is 0.416 e. The lowest BCUT2D eigenvalue weighted by molar-refractivity contribution is -0.143. The monoisotopic (exact) mass is 559 g/mol. The molecule has 2 unspecified atom stereocenters. The summed E-state index contributed by atoms with van der Waals surface area (Å²) in [6.45, 7) is 4.35. The Bertz CT molecular complexity index is 1140. The highest BCUT2D eigenvalue weighted by atomic mass is 19.4. The molecule has 2 aromatic carbocycles. The Morgan fingerprint density at radius 1 is 0.974 bits per heavy atom. The SMILES string of the molecule is Cc1cc(F)ccc1C1CN(C2CCNCC2)CCC1C(=O)N(C)Cc1cc(C(F)(F)F)cc(C(F)(F)F)c1. The van der Waals surface area contributed by atoms with E-state index >= 15 is 0 Å². The van der Waals surface area contributed by atoms with E-state index in [-0.39, 0.29) is 23.5 Å². The Morgan fingerprint density at radius 2 is 1.59 bits per heavy atom. The van der Waals surface area contributed by atoms with Crippen LogP contribution in [0.2, 0.25) is 0 Å². The molecule has 2 atom stereocenters. The zero-order valence-corrected chi connectivity index (χ0v) is 21.8. The molecule has 214 valence electrons. The van der Waals surface area contributed by atoms with Crippen molar-refractivity contribution < 1.29 is 35.5 Å². The van der Waals surface area contributed by atoms with Crippen molar-refractivity contribution in [3.05, 3.63) is 70.0 Å². The maximum absolute atomic E-state index is 13.9. The molecule has 0 aromatic heterocycles. The minimum Gasteiger partial charge on any atom is -0.341 e. The molecule has 0 saturated carbocycles. The lowest BCUT2D eigenvalue weighted by atomic mass is 9.77. The second-order valence-corrected chi connectivity index (χ2v) is 10.6. The molecule has 0 radical (unpaired) electrons. The summed E-state index contributed by atoms with van der Waals surface area (Å²) in [4.78, 5) is 17.2. The van der Waals surface area contributed by atoms with Crippen molar-refractivity contribution >= 4 is 5.91 Å². The number of piperidine rings is 2. The number of amides is 1. The fourth-order valence-corrected chi connectivity index (χ4v) is 5.89. The van der Waals surface area contributed by atoms with E-state index in [1.807, 2.05) is 0 Å². The molecule has 1 N–H and O–H groups in total. The fraction of sp³-hybridized carbons (Fsp3) is 0.536. The zero-order chi connectivity index (χ0) is 28.5. The lowest BCUT2D eigenvalue weighted by Crippen LogP contribution is -2.51. The average molecular weight is 560 g/mol. The van der Waals surface area contributed by atoms with Crippen LogP contribution in [-0.4, -0.2) is 55.0 Å². The van der Waals surface area contributed by atoms with Crippen molar-refractivity contribution in [3.63, 3.8) is 0 Å². The highest BCUT2D eigenvalue weighted by Gasteiger charge is 2.40. The Morgan fingerprint density at radius 3 is 2.15 bits per heavy atom. The molecule has 2 fully saturated rings. The van der Waals surface area contributed by atoms with Crippen LogP contribution in [0.3, 0.4) is 0 Å². The van der Waals surface area contributed by atoms with Crippen molar-refractivity contribution in [1.82, 2.24) is 15.1 Å². The Balaban J connectivity index is 1.60. The van der Waals surface area contributed by atoms with Gasteiger partial charge in [-0.05, 0) is 92.8 Å². The molecule has 11 heteroatoms. The summed E-state index contributed by atoms with van der Waals surface area (Å²) in [5.41, 5.74) is -1.57. The minimum absolute atomic E-state index is 0.0785. The minimum atomic E-state index is -4.97. The predicted molar refractivity (Wildman–Crippen MR) is 132 cm³/mol. The Hall–Kier alpha value is -2.66. The molecular formula is C28H32F7N3O. The van der Waals surface area contributed by atoms with E-state index in [2.05, 4.69) is 10.2 Å². The van der Waals surface area contributed by atoms with Crippen LogP contribution in [-0.2, 0) is 23.7 Å². The number of nitrogens with one attached hydrogen (secondary N) is 1. The molecule has 4 rings (SSSR count). The molecular weight excluding hydrogens is 527 g/mol. The zero-order valence-electron chi connectivity index (χ0n) is 21.8. The normalized spacial score (nSPS) is 21.7. The third-order valence-corrected chi connectivity index (χ3v) is 7.86. The first-order chi connectivity index (χ1) is 18.2. The number of likely N-dealkylation sites (tertiary alicyclic amines) is 1. The maximum atomic E-state index is 13.9. The number of alkyl halides is 6. The first kappa shape index (κ1) is 29.3. The summed E-state index contributed by atoms with van der Waals surface area (Å²) in [5.74, 6) is -1.60. The number of benzene rings is 2. The molecule has 2 saturated heterocycles. The van der Waals surface area contributed by atoms with Crippen LogP contribution in [0.25, 0.3) is 0 Å². The second-order valence-electron chi connectivity index (χ2n) is 10.6. The fourth-order valence-electron chi connectivity index (χ4n) is 5.89. The van der Waals surface area contributed by atoms with E-state index in [9.17, 15) is 35.5 Å². The van der Waals surface area contributed by atoms with Crippen LogP contribution in [0.5, 0.6) is 0 Å². The summed E-state index contributed by atoms with van der Waals surface area (Å²) in [6, 6.07) is 6.15. The molecule has 2 heterocycles. The average Bonchev–Trinajstić information content (AvgIpc) is 2.87. The van der Waals surface area contributed by atoms with Gasteiger partial charge in [0.1, 0.15) is 5.82 Å². The first-order valence-electron chi connectivity index (χ1n) is 13.0. The van der Waals surface area contributed by atoms with E-state index in [4.69, 9.17) is 0 Å². The van der Waals surface area contributed by atoms with E-state index in [1.54, 1.807) is 13.0 Å². The van der Waals surface area contributed by atoms with Gasteiger partial charge < -0.3 is 10.2 Å². The topological polar surface area (TPSA) is 35.6 Å². The van der Waals surface area contributed by atoms with Crippen molar-refractivity contribution in [2.24, 2.45) is 5.92 Å². The molecule has 2 aliphatic rings. The van der Waals surface area contributed by atoms with Gasteiger partial charge in [-0.25, -0.2) is 4.39 Å². The van der Waals surface area contributed by atoms with Gasteiger partial charge in [0.15, 0.2) is 0 Å². The molecule has 2 aromatic rings. The third kappa shape index (κ3) is 6.92. The molecule has 0 spiro atoms. The molecule has 1 amide bonds. The van der Waals surface area contributed by atoms with E-state index < -0.39 is 41.8 Å². The van der Waals surface area contributed by atoms with Crippen LogP contribution >= 0.6 is 0 Å². The Kier molecular flexibility index (Phi) is 8.61. The van der Waals surface area contributed by atoms with Crippen LogP contribution < -0.4 is 5.32 Å². The summed E-state index contributed by atoms with van der Waals surface area (Å²) >= 11 is 0. The van der Waals surface area contributed by atoms with Gasteiger partial charge in [-0.3, -0.25) is 9.69 Å². The number of hydrogen-bond acceptors (Lipinski definition) is 3. The smallest absolute Gasteiger partial charge is 0.341 e. The highest BCUT2D eigenvalue weighted by molar-refractivity contribution is 5.80. The van der Waals surface area contributed by atoms with Crippen molar-refractivity contribution in [2.45, 2.75) is 57.0 Å².